The summed E-state index contributed by atoms with van der Waals surface area (Å²) in [5.74, 6) is -0.00315. The fourth-order valence-electron chi connectivity index (χ4n) is 1.46. The van der Waals surface area contributed by atoms with E-state index < -0.39 is 5.54 Å². The number of carbonyl (C=O) groups excluding carboxylic acids is 1. The Morgan fingerprint density at radius 1 is 1.70 bits per heavy atom. The molecule has 1 amide bonds. The van der Waals surface area contributed by atoms with E-state index in [1.807, 2.05) is 13.8 Å². The summed E-state index contributed by atoms with van der Waals surface area (Å²) in [5, 5.41) is 21.6. The second-order valence-electron chi connectivity index (χ2n) is 5.05. The summed E-state index contributed by atoms with van der Waals surface area (Å²) in [6.07, 6.45) is 1.58. The molecule has 1 aromatic heterocycles. The van der Waals surface area contributed by atoms with Crippen LogP contribution in [0.3, 0.4) is 0 Å². The minimum Gasteiger partial charge on any atom is -0.390 e. The van der Waals surface area contributed by atoms with Gasteiger partial charge in [-0.05, 0) is 12.8 Å². The van der Waals surface area contributed by atoms with Crippen LogP contribution < -0.4 is 5.32 Å². The highest BCUT2D eigenvalue weighted by molar-refractivity contribution is 7.99. The number of imidazole rings is 1. The second-order valence-corrected chi connectivity index (χ2v) is 6.00. The van der Waals surface area contributed by atoms with Gasteiger partial charge in [0, 0.05) is 7.05 Å². The molecule has 1 unspecified atom stereocenters. The predicted octanol–water partition coefficient (Wildman–Crippen LogP) is 1.06. The molecule has 1 aromatic rings. The summed E-state index contributed by atoms with van der Waals surface area (Å²) in [5.41, 5.74) is -0.174. The molecule has 0 saturated heterocycles. The fraction of sp³-hybridized carbons (Fsp3) is 0.615. The quantitative estimate of drug-likeness (QED) is 0.766. The maximum absolute atomic E-state index is 11.9. The number of aliphatic hydroxyl groups is 1. The van der Waals surface area contributed by atoms with E-state index in [0.717, 1.165) is 0 Å². The summed E-state index contributed by atoms with van der Waals surface area (Å²) in [6, 6.07) is 2.14. The maximum Gasteiger partial charge on any atom is 0.231 e. The Morgan fingerprint density at radius 2 is 2.35 bits per heavy atom. The monoisotopic (exact) mass is 296 g/mol. The number of thioether (sulfide) groups is 1. The fourth-order valence-corrected chi connectivity index (χ4v) is 2.23. The lowest BCUT2D eigenvalue weighted by atomic mass is 9.90. The van der Waals surface area contributed by atoms with Crippen LogP contribution in [0.2, 0.25) is 0 Å². The first-order valence-electron chi connectivity index (χ1n) is 6.30. The van der Waals surface area contributed by atoms with Crippen molar-refractivity contribution in [3.63, 3.8) is 0 Å². The van der Waals surface area contributed by atoms with Gasteiger partial charge in [0.05, 0.1) is 30.3 Å². The van der Waals surface area contributed by atoms with Gasteiger partial charge in [-0.25, -0.2) is 4.98 Å². The molecule has 1 atom stereocenters. The zero-order valence-electron chi connectivity index (χ0n) is 12.2. The standard InChI is InChI=1S/C13H20N4O2S/c1-9(2)13(3,8-14)16-11(19)7-20-12-15-5-10(6-18)17(12)4/h5,9,18H,6-7H2,1-4H3,(H,16,19). The summed E-state index contributed by atoms with van der Waals surface area (Å²) in [4.78, 5) is 16.0. The third-order valence-electron chi connectivity index (χ3n) is 3.32. The highest BCUT2D eigenvalue weighted by atomic mass is 32.2. The number of hydrogen-bond donors (Lipinski definition) is 2. The zero-order chi connectivity index (χ0) is 15.3. The van der Waals surface area contributed by atoms with Gasteiger partial charge in [-0.3, -0.25) is 4.79 Å². The van der Waals surface area contributed by atoms with E-state index in [-0.39, 0.29) is 24.2 Å². The highest BCUT2D eigenvalue weighted by Gasteiger charge is 2.29. The van der Waals surface area contributed by atoms with Gasteiger partial charge in [0.25, 0.3) is 0 Å². The Bertz CT molecular complexity index is 521. The molecule has 0 fully saturated rings. The lowest BCUT2D eigenvalue weighted by Gasteiger charge is -2.27. The molecule has 1 heterocycles. The number of rotatable bonds is 6. The topological polar surface area (TPSA) is 90.9 Å². The molecule has 2 N–H and O–H groups in total. The Morgan fingerprint density at radius 3 is 2.80 bits per heavy atom. The molecule has 0 aliphatic rings. The van der Waals surface area contributed by atoms with Crippen LogP contribution in [0.15, 0.2) is 11.4 Å². The Labute approximate surface area is 123 Å². The van der Waals surface area contributed by atoms with Crippen LogP contribution in [0.25, 0.3) is 0 Å². The maximum atomic E-state index is 11.9. The van der Waals surface area contributed by atoms with Gasteiger partial charge in [-0.2, -0.15) is 5.26 Å². The average Bonchev–Trinajstić information content (AvgIpc) is 2.76. The van der Waals surface area contributed by atoms with Crippen molar-refractivity contribution in [2.45, 2.75) is 38.1 Å². The third kappa shape index (κ3) is 3.74. The van der Waals surface area contributed by atoms with Crippen molar-refractivity contribution in [2.24, 2.45) is 13.0 Å². The minimum absolute atomic E-state index is 0.0237. The first-order chi connectivity index (χ1) is 9.34. The summed E-state index contributed by atoms with van der Waals surface area (Å²) in [6.45, 7) is 5.41. The zero-order valence-corrected chi connectivity index (χ0v) is 13.0. The van der Waals surface area contributed by atoms with E-state index in [1.54, 1.807) is 24.7 Å². The lowest BCUT2D eigenvalue weighted by Crippen LogP contribution is -2.49. The van der Waals surface area contributed by atoms with Crippen LogP contribution in [0.1, 0.15) is 26.5 Å². The molecular weight excluding hydrogens is 276 g/mol. The molecular formula is C13H20N4O2S. The lowest BCUT2D eigenvalue weighted by molar-refractivity contribution is -0.120. The van der Waals surface area contributed by atoms with Crippen LogP contribution in [-0.2, 0) is 18.4 Å². The van der Waals surface area contributed by atoms with Gasteiger partial charge in [-0.15, -0.1) is 0 Å². The van der Waals surface area contributed by atoms with Crippen molar-refractivity contribution < 1.29 is 9.90 Å². The summed E-state index contributed by atoms with van der Waals surface area (Å²) in [7, 11) is 1.78. The van der Waals surface area contributed by atoms with Crippen LogP contribution in [-0.4, -0.2) is 31.9 Å². The SMILES string of the molecule is CC(C)C(C)(C#N)NC(=O)CSc1ncc(CO)n1C. The third-order valence-corrected chi connectivity index (χ3v) is 4.37. The van der Waals surface area contributed by atoms with Gasteiger partial charge >= 0.3 is 0 Å². The molecule has 6 nitrogen and oxygen atoms in total. The first-order valence-corrected chi connectivity index (χ1v) is 7.29. The first kappa shape index (κ1) is 16.5. The van der Waals surface area contributed by atoms with Gasteiger partial charge in [0.1, 0.15) is 5.54 Å². The molecule has 7 heteroatoms. The van der Waals surface area contributed by atoms with Crippen LogP contribution in [0, 0.1) is 17.2 Å². The molecule has 0 aromatic carbocycles. The molecule has 110 valence electrons. The van der Waals surface area contributed by atoms with E-state index >= 15 is 0 Å². The van der Waals surface area contributed by atoms with Crippen molar-refractivity contribution in [1.82, 2.24) is 14.9 Å². The van der Waals surface area contributed by atoms with Crippen molar-refractivity contribution in [3.05, 3.63) is 11.9 Å². The number of aliphatic hydroxyl groups excluding tert-OH is 1. The Kier molecular flexibility index (Phi) is 5.60. The minimum atomic E-state index is -0.866. The highest BCUT2D eigenvalue weighted by Crippen LogP contribution is 2.19. The number of nitrogens with zero attached hydrogens (tertiary/aromatic N) is 3. The Balaban J connectivity index is 2.60. The van der Waals surface area contributed by atoms with Crippen molar-refractivity contribution in [2.75, 3.05) is 5.75 Å². The number of hydrogen-bond acceptors (Lipinski definition) is 5. The van der Waals surface area contributed by atoms with E-state index in [9.17, 15) is 4.79 Å². The number of amides is 1. The molecule has 0 radical (unpaired) electrons. The molecule has 0 spiro atoms. The van der Waals surface area contributed by atoms with E-state index in [0.29, 0.717) is 10.9 Å². The summed E-state index contributed by atoms with van der Waals surface area (Å²) >= 11 is 1.27. The van der Waals surface area contributed by atoms with Crippen molar-refractivity contribution >= 4 is 17.7 Å². The number of aromatic nitrogens is 2. The number of nitrogens with one attached hydrogen (secondary N) is 1. The van der Waals surface area contributed by atoms with Gasteiger partial charge in [0.2, 0.25) is 5.91 Å². The predicted molar refractivity (Wildman–Crippen MR) is 76.9 cm³/mol. The van der Waals surface area contributed by atoms with Crippen LogP contribution >= 0.6 is 11.8 Å². The normalized spacial score (nSPS) is 13.8. The van der Waals surface area contributed by atoms with Crippen molar-refractivity contribution in [1.29, 1.82) is 5.26 Å². The van der Waals surface area contributed by atoms with E-state index in [1.165, 1.54) is 11.8 Å². The van der Waals surface area contributed by atoms with Gasteiger partial charge < -0.3 is 15.0 Å². The van der Waals surface area contributed by atoms with Crippen LogP contribution in [0.5, 0.6) is 0 Å². The second kappa shape index (κ2) is 6.77. The van der Waals surface area contributed by atoms with Gasteiger partial charge in [0.15, 0.2) is 5.16 Å². The van der Waals surface area contributed by atoms with Gasteiger partial charge in [-0.1, -0.05) is 25.6 Å². The largest absolute Gasteiger partial charge is 0.390 e. The number of carbonyl (C=O) groups is 1. The molecule has 20 heavy (non-hydrogen) atoms. The molecule has 0 bridgehead atoms. The molecule has 0 aliphatic heterocycles. The molecule has 1 rings (SSSR count). The average molecular weight is 296 g/mol. The smallest absolute Gasteiger partial charge is 0.231 e. The van der Waals surface area contributed by atoms with E-state index in [2.05, 4.69) is 16.4 Å². The molecule has 0 aliphatic carbocycles. The Hall–Kier alpha value is -1.52. The number of nitriles is 1. The van der Waals surface area contributed by atoms with Crippen molar-refractivity contribution in [3.8, 4) is 6.07 Å². The summed E-state index contributed by atoms with van der Waals surface area (Å²) < 4.78 is 1.74. The molecule has 0 saturated carbocycles. The van der Waals surface area contributed by atoms with E-state index in [4.69, 9.17) is 10.4 Å². The van der Waals surface area contributed by atoms with Crippen LogP contribution in [0.4, 0.5) is 0 Å².